The molecule has 1 atom stereocenters. The molecule has 3 aromatic rings. The minimum Gasteiger partial charge on any atom is -0.497 e. The number of hydrogen-bond acceptors (Lipinski definition) is 7. The van der Waals surface area contributed by atoms with Crippen molar-refractivity contribution in [2.75, 3.05) is 14.2 Å². The second-order valence-electron chi connectivity index (χ2n) is 5.99. The smallest absolute Gasteiger partial charge is 0.261 e. The fraction of sp³-hybridized carbons (Fsp3) is 0.250. The molecule has 0 aliphatic carbocycles. The summed E-state index contributed by atoms with van der Waals surface area (Å²) in [7, 11) is 3.11. The number of nitrogens with one attached hydrogen (secondary N) is 1. The van der Waals surface area contributed by atoms with Crippen molar-refractivity contribution >= 4 is 17.5 Å². The van der Waals surface area contributed by atoms with E-state index in [9.17, 15) is 4.79 Å². The van der Waals surface area contributed by atoms with Gasteiger partial charge in [0.2, 0.25) is 11.7 Å². The second-order valence-corrected chi connectivity index (χ2v) is 6.39. The van der Waals surface area contributed by atoms with Gasteiger partial charge in [-0.05, 0) is 31.2 Å². The Morgan fingerprint density at radius 3 is 2.69 bits per heavy atom. The van der Waals surface area contributed by atoms with Crippen molar-refractivity contribution in [3.63, 3.8) is 0 Å². The Labute approximate surface area is 172 Å². The molecular weight excluding hydrogens is 398 g/mol. The van der Waals surface area contributed by atoms with Gasteiger partial charge in [-0.15, -0.1) is 0 Å². The zero-order chi connectivity index (χ0) is 20.8. The van der Waals surface area contributed by atoms with Crippen LogP contribution in [0.1, 0.15) is 12.8 Å². The first-order chi connectivity index (χ1) is 14.0. The molecule has 152 valence electrons. The van der Waals surface area contributed by atoms with E-state index in [1.165, 1.54) is 0 Å². The predicted octanol–water partition coefficient (Wildman–Crippen LogP) is 3.49. The van der Waals surface area contributed by atoms with Crippen LogP contribution in [-0.4, -0.2) is 36.4 Å². The number of aromatic nitrogens is 2. The topological polar surface area (TPSA) is 95.7 Å². The number of amides is 1. The summed E-state index contributed by atoms with van der Waals surface area (Å²) in [5.41, 5.74) is 0.644. The van der Waals surface area contributed by atoms with Crippen molar-refractivity contribution in [3.05, 3.63) is 53.4 Å². The maximum atomic E-state index is 12.3. The Bertz CT molecular complexity index is 992. The van der Waals surface area contributed by atoms with Crippen LogP contribution in [0.25, 0.3) is 11.4 Å². The van der Waals surface area contributed by atoms with Crippen molar-refractivity contribution in [1.82, 2.24) is 15.5 Å². The number of methoxy groups -OCH3 is 2. The van der Waals surface area contributed by atoms with Gasteiger partial charge in [-0.3, -0.25) is 4.79 Å². The Hall–Kier alpha value is -3.26. The summed E-state index contributed by atoms with van der Waals surface area (Å²) in [6.45, 7) is 1.68. The lowest BCUT2D eigenvalue weighted by Gasteiger charge is -2.14. The molecule has 29 heavy (non-hydrogen) atoms. The van der Waals surface area contributed by atoms with Crippen LogP contribution in [0.15, 0.2) is 47.0 Å². The van der Waals surface area contributed by atoms with Crippen LogP contribution >= 0.6 is 11.6 Å². The third kappa shape index (κ3) is 4.97. The third-order valence-electron chi connectivity index (χ3n) is 4.04. The number of halogens is 1. The van der Waals surface area contributed by atoms with Crippen LogP contribution in [-0.2, 0) is 11.3 Å². The summed E-state index contributed by atoms with van der Waals surface area (Å²) >= 11 is 6.04. The molecule has 3 rings (SSSR count). The van der Waals surface area contributed by atoms with Gasteiger partial charge in [0, 0.05) is 6.07 Å². The standard InChI is InChI=1S/C20H20ClN3O5/c1-12(28-16-7-5-4-6-15(16)21)20(25)22-11-18-23-19(24-29-18)14-9-8-13(26-2)10-17(14)27-3/h4-10,12H,11H2,1-3H3,(H,22,25). The minimum atomic E-state index is -0.751. The lowest BCUT2D eigenvalue weighted by Crippen LogP contribution is -2.36. The van der Waals surface area contributed by atoms with Gasteiger partial charge in [0.1, 0.15) is 17.2 Å². The monoisotopic (exact) mass is 417 g/mol. The first kappa shape index (κ1) is 20.5. The van der Waals surface area contributed by atoms with Gasteiger partial charge in [0.05, 0.1) is 31.4 Å². The van der Waals surface area contributed by atoms with Crippen LogP contribution in [0, 0.1) is 0 Å². The van der Waals surface area contributed by atoms with E-state index < -0.39 is 6.10 Å². The molecule has 0 saturated heterocycles. The number of ether oxygens (including phenoxy) is 3. The molecular formula is C20H20ClN3O5. The largest absolute Gasteiger partial charge is 0.497 e. The fourth-order valence-electron chi connectivity index (χ4n) is 2.51. The van der Waals surface area contributed by atoms with Gasteiger partial charge < -0.3 is 24.1 Å². The lowest BCUT2D eigenvalue weighted by molar-refractivity contribution is -0.127. The van der Waals surface area contributed by atoms with E-state index in [1.807, 2.05) is 0 Å². The van der Waals surface area contributed by atoms with Gasteiger partial charge in [-0.25, -0.2) is 0 Å². The van der Waals surface area contributed by atoms with E-state index in [0.29, 0.717) is 33.7 Å². The van der Waals surface area contributed by atoms with Crippen LogP contribution in [0.4, 0.5) is 0 Å². The minimum absolute atomic E-state index is 0.0561. The Morgan fingerprint density at radius 2 is 1.97 bits per heavy atom. The molecule has 0 saturated carbocycles. The van der Waals surface area contributed by atoms with Gasteiger partial charge in [-0.2, -0.15) is 4.98 Å². The molecule has 2 aromatic carbocycles. The maximum absolute atomic E-state index is 12.3. The van der Waals surface area contributed by atoms with Gasteiger partial charge >= 0.3 is 0 Å². The molecule has 1 heterocycles. The molecule has 0 spiro atoms. The summed E-state index contributed by atoms with van der Waals surface area (Å²) in [4.78, 5) is 16.6. The van der Waals surface area contributed by atoms with Gasteiger partial charge in [-0.1, -0.05) is 28.9 Å². The zero-order valence-electron chi connectivity index (χ0n) is 16.1. The predicted molar refractivity (Wildman–Crippen MR) is 106 cm³/mol. The maximum Gasteiger partial charge on any atom is 0.261 e. The second kappa shape index (κ2) is 9.29. The SMILES string of the molecule is COc1ccc(-c2noc(CNC(=O)C(C)Oc3ccccc3Cl)n2)c(OC)c1. The number of hydrogen-bond donors (Lipinski definition) is 1. The van der Waals surface area contributed by atoms with Crippen LogP contribution in [0.5, 0.6) is 17.2 Å². The highest BCUT2D eigenvalue weighted by molar-refractivity contribution is 6.32. The van der Waals surface area contributed by atoms with Crippen LogP contribution in [0.3, 0.4) is 0 Å². The highest BCUT2D eigenvalue weighted by atomic mass is 35.5. The zero-order valence-corrected chi connectivity index (χ0v) is 16.9. The molecule has 8 nitrogen and oxygen atoms in total. The van der Waals surface area contributed by atoms with E-state index in [4.69, 9.17) is 30.3 Å². The first-order valence-electron chi connectivity index (χ1n) is 8.75. The highest BCUT2D eigenvalue weighted by Crippen LogP contribution is 2.31. The van der Waals surface area contributed by atoms with Crippen molar-refractivity contribution in [2.45, 2.75) is 19.6 Å². The van der Waals surface area contributed by atoms with E-state index >= 15 is 0 Å². The molecule has 0 aliphatic heterocycles. The number of nitrogens with zero attached hydrogens (tertiary/aromatic N) is 2. The van der Waals surface area contributed by atoms with E-state index in [-0.39, 0.29) is 18.3 Å². The molecule has 1 N–H and O–H groups in total. The number of carbonyl (C=O) groups is 1. The number of rotatable bonds is 8. The molecule has 0 fully saturated rings. The van der Waals surface area contributed by atoms with E-state index in [1.54, 1.807) is 63.6 Å². The first-order valence-corrected chi connectivity index (χ1v) is 9.13. The Kier molecular flexibility index (Phi) is 6.56. The van der Waals surface area contributed by atoms with Crippen molar-refractivity contribution in [1.29, 1.82) is 0 Å². The summed E-state index contributed by atoms with van der Waals surface area (Å²) in [5, 5.41) is 7.07. The number of carbonyl (C=O) groups excluding carboxylic acids is 1. The van der Waals surface area contributed by atoms with Crippen molar-refractivity contribution in [3.8, 4) is 28.6 Å². The number of para-hydroxylation sites is 1. The number of benzene rings is 2. The molecule has 0 bridgehead atoms. The average Bonchev–Trinajstić information content (AvgIpc) is 3.21. The third-order valence-corrected chi connectivity index (χ3v) is 4.35. The van der Waals surface area contributed by atoms with Gasteiger partial charge in [0.25, 0.3) is 5.91 Å². The molecule has 1 aromatic heterocycles. The van der Waals surface area contributed by atoms with Crippen LogP contribution in [0.2, 0.25) is 5.02 Å². The van der Waals surface area contributed by atoms with Crippen molar-refractivity contribution in [2.24, 2.45) is 0 Å². The summed E-state index contributed by atoms with van der Waals surface area (Å²) < 4.78 is 21.3. The summed E-state index contributed by atoms with van der Waals surface area (Å²) in [6.07, 6.45) is -0.751. The Morgan fingerprint density at radius 1 is 1.17 bits per heavy atom. The molecule has 9 heteroatoms. The normalized spacial score (nSPS) is 11.6. The molecule has 0 radical (unpaired) electrons. The highest BCUT2D eigenvalue weighted by Gasteiger charge is 2.18. The Balaban J connectivity index is 1.62. The van der Waals surface area contributed by atoms with Crippen LogP contribution < -0.4 is 19.5 Å². The van der Waals surface area contributed by atoms with E-state index in [2.05, 4.69) is 15.5 Å². The molecule has 1 amide bonds. The molecule has 1 unspecified atom stereocenters. The van der Waals surface area contributed by atoms with E-state index in [0.717, 1.165) is 0 Å². The van der Waals surface area contributed by atoms with Gasteiger partial charge in [0.15, 0.2) is 6.10 Å². The quantitative estimate of drug-likeness (QED) is 0.599. The average molecular weight is 418 g/mol. The van der Waals surface area contributed by atoms with Crippen molar-refractivity contribution < 1.29 is 23.5 Å². The summed E-state index contributed by atoms with van der Waals surface area (Å²) in [5.74, 6) is 1.87. The summed E-state index contributed by atoms with van der Waals surface area (Å²) in [6, 6.07) is 12.2. The molecule has 0 aliphatic rings. The fourth-order valence-corrected chi connectivity index (χ4v) is 2.69. The lowest BCUT2D eigenvalue weighted by atomic mass is 10.2.